The summed E-state index contributed by atoms with van der Waals surface area (Å²) in [7, 11) is 0. The first kappa shape index (κ1) is 14.9. The number of carbonyl (C=O) groups is 1. The predicted molar refractivity (Wildman–Crippen MR) is 81.4 cm³/mol. The molecule has 4 rings (SSSR count). The Labute approximate surface area is 136 Å². The van der Waals surface area contributed by atoms with E-state index in [0.717, 1.165) is 12.8 Å². The summed E-state index contributed by atoms with van der Waals surface area (Å²) in [6.45, 7) is 1.91. The van der Waals surface area contributed by atoms with E-state index in [2.05, 4.69) is 15.1 Å². The molecular weight excluding hydrogens is 317 g/mol. The molecule has 0 spiro atoms. The highest BCUT2D eigenvalue weighted by atomic mass is 19.1. The Bertz CT molecular complexity index is 807. The van der Waals surface area contributed by atoms with Crippen molar-refractivity contribution in [3.05, 3.63) is 39.9 Å². The number of hydrogen-bond acceptors (Lipinski definition) is 6. The minimum absolute atomic E-state index is 0.0559. The average molecular weight is 333 g/mol. The van der Waals surface area contributed by atoms with Crippen LogP contribution in [0.15, 0.2) is 21.6 Å². The zero-order valence-electron chi connectivity index (χ0n) is 12.9. The van der Waals surface area contributed by atoms with Gasteiger partial charge in [-0.25, -0.2) is 4.98 Å². The maximum absolute atomic E-state index is 13.9. The molecule has 9 heteroatoms. The van der Waals surface area contributed by atoms with Crippen LogP contribution in [0, 0.1) is 5.82 Å². The van der Waals surface area contributed by atoms with Crippen molar-refractivity contribution < 1.29 is 13.7 Å². The number of halogens is 1. The van der Waals surface area contributed by atoms with Crippen LogP contribution in [0.5, 0.6) is 0 Å². The molecule has 0 radical (unpaired) electrons. The van der Waals surface area contributed by atoms with Crippen molar-refractivity contribution in [1.82, 2.24) is 20.0 Å². The number of H-pyrrole nitrogens is 1. The summed E-state index contributed by atoms with van der Waals surface area (Å²) in [4.78, 5) is 34.3. The lowest BCUT2D eigenvalue weighted by molar-refractivity contribution is 0.0704. The molecule has 1 amide bonds. The average Bonchev–Trinajstić information content (AvgIpc) is 3.30. The van der Waals surface area contributed by atoms with Gasteiger partial charge in [-0.2, -0.15) is 4.39 Å². The van der Waals surface area contributed by atoms with Gasteiger partial charge in [0.15, 0.2) is 0 Å². The SMILES string of the molecule is O=C(c1ccno1)N1CCN(c2nc(C3CC3)c(F)c(=O)[nH]2)CC1. The van der Waals surface area contributed by atoms with Crippen LogP contribution in [-0.2, 0) is 0 Å². The van der Waals surface area contributed by atoms with Crippen LogP contribution in [0.1, 0.15) is 35.0 Å². The molecule has 3 heterocycles. The minimum atomic E-state index is -0.777. The van der Waals surface area contributed by atoms with Crippen LogP contribution >= 0.6 is 0 Å². The molecule has 24 heavy (non-hydrogen) atoms. The Hall–Kier alpha value is -2.71. The zero-order chi connectivity index (χ0) is 16.7. The molecule has 1 aliphatic heterocycles. The fourth-order valence-corrected chi connectivity index (χ4v) is 2.84. The van der Waals surface area contributed by atoms with Crippen molar-refractivity contribution in [2.75, 3.05) is 31.1 Å². The molecule has 126 valence electrons. The maximum atomic E-state index is 13.9. The quantitative estimate of drug-likeness (QED) is 0.890. The van der Waals surface area contributed by atoms with E-state index in [0.29, 0.717) is 32.1 Å². The molecule has 2 fully saturated rings. The molecular formula is C15H16FN5O3. The number of aromatic amines is 1. The summed E-state index contributed by atoms with van der Waals surface area (Å²) in [6.07, 6.45) is 3.16. The number of aromatic nitrogens is 3. The number of anilines is 1. The Balaban J connectivity index is 1.48. The minimum Gasteiger partial charge on any atom is -0.351 e. The van der Waals surface area contributed by atoms with Gasteiger partial charge in [-0.3, -0.25) is 14.6 Å². The third-order valence-electron chi connectivity index (χ3n) is 4.35. The van der Waals surface area contributed by atoms with Crippen molar-refractivity contribution in [2.45, 2.75) is 18.8 Å². The molecule has 1 saturated carbocycles. The second-order valence-corrected chi connectivity index (χ2v) is 6.02. The van der Waals surface area contributed by atoms with Gasteiger partial charge in [-0.1, -0.05) is 5.16 Å². The third-order valence-corrected chi connectivity index (χ3v) is 4.35. The third kappa shape index (κ3) is 2.66. The van der Waals surface area contributed by atoms with Gasteiger partial charge in [0.2, 0.25) is 17.5 Å². The standard InChI is InChI=1S/C15H16FN5O3/c16-11-12(9-1-2-9)18-15(19-13(11)22)21-7-5-20(6-8-21)14(23)10-3-4-17-24-10/h3-4,9H,1-2,5-8H2,(H,18,19,22). The van der Waals surface area contributed by atoms with Crippen LogP contribution in [-0.4, -0.2) is 52.1 Å². The lowest BCUT2D eigenvalue weighted by Crippen LogP contribution is -2.49. The maximum Gasteiger partial charge on any atom is 0.292 e. The van der Waals surface area contributed by atoms with Gasteiger partial charge in [0, 0.05) is 38.2 Å². The van der Waals surface area contributed by atoms with Gasteiger partial charge >= 0.3 is 0 Å². The number of nitrogens with zero attached hydrogens (tertiary/aromatic N) is 4. The number of amides is 1. The number of nitrogens with one attached hydrogen (secondary N) is 1. The highest BCUT2D eigenvalue weighted by Gasteiger charge is 2.31. The molecule has 0 bridgehead atoms. The predicted octanol–water partition coefficient (Wildman–Crippen LogP) is 0.737. The molecule has 1 N–H and O–H groups in total. The molecule has 2 aromatic rings. The van der Waals surface area contributed by atoms with E-state index in [1.54, 1.807) is 4.90 Å². The van der Waals surface area contributed by atoms with Crippen LogP contribution in [0.2, 0.25) is 0 Å². The zero-order valence-corrected chi connectivity index (χ0v) is 12.9. The number of hydrogen-bond donors (Lipinski definition) is 1. The Morgan fingerprint density at radius 3 is 2.67 bits per heavy atom. The van der Waals surface area contributed by atoms with E-state index in [9.17, 15) is 14.0 Å². The smallest absolute Gasteiger partial charge is 0.292 e. The van der Waals surface area contributed by atoms with Crippen molar-refractivity contribution in [1.29, 1.82) is 0 Å². The Kier molecular flexibility index (Phi) is 3.55. The molecule has 0 unspecified atom stereocenters. The highest BCUT2D eigenvalue weighted by molar-refractivity contribution is 5.91. The van der Waals surface area contributed by atoms with Crippen LogP contribution in [0.25, 0.3) is 0 Å². The first-order chi connectivity index (χ1) is 11.6. The second-order valence-electron chi connectivity index (χ2n) is 6.02. The molecule has 1 aliphatic carbocycles. The lowest BCUT2D eigenvalue weighted by atomic mass is 10.2. The summed E-state index contributed by atoms with van der Waals surface area (Å²) in [6, 6.07) is 1.52. The van der Waals surface area contributed by atoms with Gasteiger partial charge in [-0.15, -0.1) is 0 Å². The van der Waals surface area contributed by atoms with E-state index in [-0.39, 0.29) is 23.3 Å². The summed E-state index contributed by atoms with van der Waals surface area (Å²) >= 11 is 0. The van der Waals surface area contributed by atoms with Crippen molar-refractivity contribution in [2.24, 2.45) is 0 Å². The number of carbonyl (C=O) groups excluding carboxylic acids is 1. The highest BCUT2D eigenvalue weighted by Crippen LogP contribution is 2.39. The molecule has 0 atom stereocenters. The van der Waals surface area contributed by atoms with Crippen LogP contribution in [0.3, 0.4) is 0 Å². The largest absolute Gasteiger partial charge is 0.351 e. The molecule has 8 nitrogen and oxygen atoms in total. The first-order valence-electron chi connectivity index (χ1n) is 7.88. The Morgan fingerprint density at radius 2 is 2.04 bits per heavy atom. The molecule has 2 aliphatic rings. The van der Waals surface area contributed by atoms with Crippen LogP contribution in [0.4, 0.5) is 10.3 Å². The van der Waals surface area contributed by atoms with E-state index in [1.165, 1.54) is 12.3 Å². The summed E-state index contributed by atoms with van der Waals surface area (Å²) in [5, 5.41) is 3.53. The van der Waals surface area contributed by atoms with Crippen molar-refractivity contribution in [3.8, 4) is 0 Å². The van der Waals surface area contributed by atoms with E-state index in [4.69, 9.17) is 4.52 Å². The second kappa shape index (κ2) is 5.73. The fraction of sp³-hybridized carbons (Fsp3) is 0.467. The van der Waals surface area contributed by atoms with Gasteiger partial charge in [0.05, 0.1) is 11.9 Å². The summed E-state index contributed by atoms with van der Waals surface area (Å²) < 4.78 is 18.8. The van der Waals surface area contributed by atoms with E-state index >= 15 is 0 Å². The number of piperazine rings is 1. The fourth-order valence-electron chi connectivity index (χ4n) is 2.84. The normalized spacial score (nSPS) is 18.0. The molecule has 0 aromatic carbocycles. The lowest BCUT2D eigenvalue weighted by Gasteiger charge is -2.34. The summed E-state index contributed by atoms with van der Waals surface area (Å²) in [5.74, 6) is -0.366. The van der Waals surface area contributed by atoms with Crippen LogP contribution < -0.4 is 10.5 Å². The van der Waals surface area contributed by atoms with Crippen molar-refractivity contribution >= 4 is 11.9 Å². The molecule has 2 aromatic heterocycles. The monoisotopic (exact) mass is 333 g/mol. The van der Waals surface area contributed by atoms with Gasteiger partial charge < -0.3 is 14.3 Å². The van der Waals surface area contributed by atoms with E-state index < -0.39 is 11.4 Å². The molecule has 1 saturated heterocycles. The Morgan fingerprint density at radius 1 is 1.29 bits per heavy atom. The van der Waals surface area contributed by atoms with Gasteiger partial charge in [-0.05, 0) is 12.8 Å². The van der Waals surface area contributed by atoms with Gasteiger partial charge in [0.1, 0.15) is 0 Å². The van der Waals surface area contributed by atoms with Gasteiger partial charge in [0.25, 0.3) is 11.5 Å². The van der Waals surface area contributed by atoms with E-state index in [1.807, 2.05) is 4.90 Å². The number of rotatable bonds is 3. The summed E-state index contributed by atoms with van der Waals surface area (Å²) in [5.41, 5.74) is -0.476. The first-order valence-corrected chi connectivity index (χ1v) is 7.88. The topological polar surface area (TPSA) is 95.3 Å². The van der Waals surface area contributed by atoms with Crippen molar-refractivity contribution in [3.63, 3.8) is 0 Å².